The minimum Gasteiger partial charge on any atom is -0.478 e. The molecule has 0 aromatic heterocycles. The fourth-order valence-corrected chi connectivity index (χ4v) is 1.11. The molecule has 0 fully saturated rings. The summed E-state index contributed by atoms with van der Waals surface area (Å²) in [5, 5.41) is 11.7. The molecule has 0 aliphatic heterocycles. The molecular formula is C11H15NO3. The second-order valence-electron chi connectivity index (χ2n) is 3.16. The number of nitrogens with one attached hydrogen (secondary N) is 1. The molecule has 0 atom stereocenters. The number of aromatic carboxylic acids is 1. The number of likely N-dealkylation sites (N-methyl/N-ethyl adjacent to an activating group) is 1. The van der Waals surface area contributed by atoms with Gasteiger partial charge in [0, 0.05) is 6.54 Å². The van der Waals surface area contributed by atoms with E-state index in [1.165, 1.54) is 0 Å². The maximum atomic E-state index is 10.6. The van der Waals surface area contributed by atoms with Gasteiger partial charge < -0.3 is 15.2 Å². The van der Waals surface area contributed by atoms with Crippen molar-refractivity contribution in [1.29, 1.82) is 0 Å². The van der Waals surface area contributed by atoms with E-state index in [4.69, 9.17) is 9.84 Å². The Balaban J connectivity index is 2.39. The topological polar surface area (TPSA) is 58.6 Å². The Hall–Kier alpha value is -1.39. The first-order valence-electron chi connectivity index (χ1n) is 4.78. The number of carboxylic acids is 1. The number of hydrogen-bond acceptors (Lipinski definition) is 3. The molecular weight excluding hydrogens is 194 g/mol. The van der Waals surface area contributed by atoms with Gasteiger partial charge in [0.15, 0.2) is 0 Å². The minimum absolute atomic E-state index is 0.300. The van der Waals surface area contributed by atoms with Gasteiger partial charge in [-0.05, 0) is 24.7 Å². The van der Waals surface area contributed by atoms with Crippen molar-refractivity contribution in [2.75, 3.05) is 20.2 Å². The first-order chi connectivity index (χ1) is 7.24. The van der Waals surface area contributed by atoms with Gasteiger partial charge in [-0.15, -0.1) is 0 Å². The van der Waals surface area contributed by atoms with E-state index in [1.54, 1.807) is 24.3 Å². The van der Waals surface area contributed by atoms with Gasteiger partial charge in [-0.3, -0.25) is 0 Å². The van der Waals surface area contributed by atoms with Crippen LogP contribution in [0, 0.1) is 0 Å². The van der Waals surface area contributed by atoms with Crippen LogP contribution < -0.4 is 5.32 Å². The zero-order chi connectivity index (χ0) is 11.1. The van der Waals surface area contributed by atoms with Crippen LogP contribution in [-0.4, -0.2) is 31.3 Å². The first-order valence-corrected chi connectivity index (χ1v) is 4.78. The molecule has 4 nitrogen and oxygen atoms in total. The summed E-state index contributed by atoms with van der Waals surface area (Å²) in [5.41, 5.74) is 1.28. The van der Waals surface area contributed by atoms with Gasteiger partial charge in [0.1, 0.15) is 0 Å². The number of rotatable bonds is 6. The van der Waals surface area contributed by atoms with Crippen LogP contribution in [0.5, 0.6) is 0 Å². The van der Waals surface area contributed by atoms with Crippen molar-refractivity contribution in [3.8, 4) is 0 Å². The van der Waals surface area contributed by atoms with Gasteiger partial charge in [0.05, 0.1) is 18.8 Å². The standard InChI is InChI=1S/C11H15NO3/c1-12-6-7-15-8-9-2-4-10(5-3-9)11(13)14/h2-5,12H,6-8H2,1H3,(H,13,14). The Morgan fingerprint density at radius 3 is 2.60 bits per heavy atom. The Bertz CT molecular complexity index is 308. The third-order valence-corrected chi connectivity index (χ3v) is 1.97. The van der Waals surface area contributed by atoms with E-state index >= 15 is 0 Å². The van der Waals surface area contributed by atoms with E-state index in [-0.39, 0.29) is 0 Å². The van der Waals surface area contributed by atoms with Gasteiger partial charge >= 0.3 is 5.97 Å². The summed E-state index contributed by atoms with van der Waals surface area (Å²) >= 11 is 0. The van der Waals surface area contributed by atoms with E-state index < -0.39 is 5.97 Å². The predicted molar refractivity (Wildman–Crippen MR) is 57.0 cm³/mol. The van der Waals surface area contributed by atoms with Crippen molar-refractivity contribution >= 4 is 5.97 Å². The van der Waals surface area contributed by atoms with Crippen molar-refractivity contribution in [3.63, 3.8) is 0 Å². The molecule has 0 saturated carbocycles. The number of ether oxygens (including phenoxy) is 1. The van der Waals surface area contributed by atoms with E-state index in [0.29, 0.717) is 18.8 Å². The molecule has 15 heavy (non-hydrogen) atoms. The molecule has 1 aromatic rings. The fourth-order valence-electron chi connectivity index (χ4n) is 1.11. The molecule has 0 aliphatic carbocycles. The van der Waals surface area contributed by atoms with Crippen LogP contribution in [0.25, 0.3) is 0 Å². The van der Waals surface area contributed by atoms with Crippen molar-refractivity contribution in [1.82, 2.24) is 5.32 Å². The molecule has 0 heterocycles. The second kappa shape index (κ2) is 6.16. The summed E-state index contributed by atoms with van der Waals surface area (Å²) in [7, 11) is 1.87. The van der Waals surface area contributed by atoms with Gasteiger partial charge in [-0.1, -0.05) is 12.1 Å². The maximum Gasteiger partial charge on any atom is 0.335 e. The van der Waals surface area contributed by atoms with Crippen molar-refractivity contribution < 1.29 is 14.6 Å². The summed E-state index contributed by atoms with van der Waals surface area (Å²) in [6.07, 6.45) is 0. The highest BCUT2D eigenvalue weighted by Crippen LogP contribution is 2.05. The Morgan fingerprint density at radius 2 is 2.07 bits per heavy atom. The second-order valence-corrected chi connectivity index (χ2v) is 3.16. The van der Waals surface area contributed by atoms with Crippen LogP contribution in [-0.2, 0) is 11.3 Å². The third kappa shape index (κ3) is 4.10. The number of carboxylic acid groups (broad SMARTS) is 1. The van der Waals surface area contributed by atoms with Crippen LogP contribution in [0.3, 0.4) is 0 Å². The maximum absolute atomic E-state index is 10.6. The molecule has 2 N–H and O–H groups in total. The minimum atomic E-state index is -0.905. The highest BCUT2D eigenvalue weighted by Gasteiger charge is 2.01. The van der Waals surface area contributed by atoms with Crippen LogP contribution >= 0.6 is 0 Å². The SMILES string of the molecule is CNCCOCc1ccc(C(=O)O)cc1. The molecule has 0 spiro atoms. The van der Waals surface area contributed by atoms with E-state index in [0.717, 1.165) is 12.1 Å². The van der Waals surface area contributed by atoms with Crippen LogP contribution in [0.1, 0.15) is 15.9 Å². The first kappa shape index (κ1) is 11.7. The summed E-state index contributed by atoms with van der Waals surface area (Å²) in [5.74, 6) is -0.905. The Labute approximate surface area is 88.9 Å². The van der Waals surface area contributed by atoms with E-state index in [1.807, 2.05) is 7.05 Å². The molecule has 0 bridgehead atoms. The van der Waals surface area contributed by atoms with E-state index in [9.17, 15) is 4.79 Å². The molecule has 1 aromatic carbocycles. The zero-order valence-electron chi connectivity index (χ0n) is 8.69. The average Bonchev–Trinajstić information content (AvgIpc) is 2.25. The Kier molecular flexibility index (Phi) is 4.80. The van der Waals surface area contributed by atoms with Gasteiger partial charge in [0.2, 0.25) is 0 Å². The van der Waals surface area contributed by atoms with Crippen LogP contribution in [0.4, 0.5) is 0 Å². The summed E-state index contributed by atoms with van der Waals surface area (Å²) < 4.78 is 5.35. The highest BCUT2D eigenvalue weighted by atomic mass is 16.5. The van der Waals surface area contributed by atoms with Gasteiger partial charge in [-0.2, -0.15) is 0 Å². The lowest BCUT2D eigenvalue weighted by Crippen LogP contribution is -2.14. The fraction of sp³-hybridized carbons (Fsp3) is 0.364. The smallest absolute Gasteiger partial charge is 0.335 e. The third-order valence-electron chi connectivity index (χ3n) is 1.97. The quantitative estimate of drug-likeness (QED) is 0.689. The lowest BCUT2D eigenvalue weighted by Gasteiger charge is -2.04. The molecule has 0 radical (unpaired) electrons. The lowest BCUT2D eigenvalue weighted by atomic mass is 10.1. The van der Waals surface area contributed by atoms with Crippen LogP contribution in [0.15, 0.2) is 24.3 Å². The van der Waals surface area contributed by atoms with Crippen molar-refractivity contribution in [3.05, 3.63) is 35.4 Å². The van der Waals surface area contributed by atoms with Gasteiger partial charge in [-0.25, -0.2) is 4.79 Å². The molecule has 0 saturated heterocycles. The average molecular weight is 209 g/mol. The lowest BCUT2D eigenvalue weighted by molar-refractivity contribution is 0.0696. The summed E-state index contributed by atoms with van der Waals surface area (Å²) in [4.78, 5) is 10.6. The number of benzene rings is 1. The summed E-state index contributed by atoms with van der Waals surface area (Å²) in [6.45, 7) is 1.98. The van der Waals surface area contributed by atoms with Crippen molar-refractivity contribution in [2.45, 2.75) is 6.61 Å². The number of carbonyl (C=O) groups is 1. The molecule has 82 valence electrons. The molecule has 0 unspecified atom stereocenters. The Morgan fingerprint density at radius 1 is 1.40 bits per heavy atom. The molecule has 0 aliphatic rings. The van der Waals surface area contributed by atoms with Gasteiger partial charge in [0.25, 0.3) is 0 Å². The van der Waals surface area contributed by atoms with Crippen LogP contribution in [0.2, 0.25) is 0 Å². The summed E-state index contributed by atoms with van der Waals surface area (Å²) in [6, 6.07) is 6.70. The highest BCUT2D eigenvalue weighted by molar-refractivity contribution is 5.87. The largest absolute Gasteiger partial charge is 0.478 e. The molecule has 0 amide bonds. The predicted octanol–water partition coefficient (Wildman–Crippen LogP) is 1.12. The monoisotopic (exact) mass is 209 g/mol. The zero-order valence-corrected chi connectivity index (χ0v) is 8.69. The number of hydrogen-bond donors (Lipinski definition) is 2. The normalized spacial score (nSPS) is 10.2. The molecule has 1 rings (SSSR count). The van der Waals surface area contributed by atoms with E-state index in [2.05, 4.69) is 5.32 Å². The van der Waals surface area contributed by atoms with Crippen molar-refractivity contribution in [2.24, 2.45) is 0 Å². The molecule has 4 heteroatoms.